The second-order valence-corrected chi connectivity index (χ2v) is 4.23. The van der Waals surface area contributed by atoms with Crippen molar-refractivity contribution in [2.45, 2.75) is 31.8 Å². The van der Waals surface area contributed by atoms with E-state index in [0.29, 0.717) is 12.3 Å². The lowest BCUT2D eigenvalue weighted by molar-refractivity contribution is -0.0328. The molecule has 0 aromatic rings. The predicted molar refractivity (Wildman–Crippen MR) is 45.9 cm³/mol. The molecule has 0 aliphatic heterocycles. The van der Waals surface area contributed by atoms with Crippen LogP contribution in [0.3, 0.4) is 0 Å². The molecular formula is C7H14F3NS. The normalized spacial score (nSPS) is 15.2. The summed E-state index contributed by atoms with van der Waals surface area (Å²) in [5, 5.41) is 0. The number of halogens is 3. The Hall–Kier alpha value is 0.100. The molecule has 0 aromatic carbocycles. The third kappa shape index (κ3) is 8.20. The van der Waals surface area contributed by atoms with E-state index in [2.05, 4.69) is 0 Å². The smallest absolute Gasteiger partial charge is 0.327 e. The molecule has 5 heteroatoms. The Kier molecular flexibility index (Phi) is 5.01. The van der Waals surface area contributed by atoms with Gasteiger partial charge in [-0.1, -0.05) is 13.8 Å². The van der Waals surface area contributed by atoms with E-state index in [9.17, 15) is 13.2 Å². The molecule has 0 amide bonds. The maximum Gasteiger partial charge on any atom is 0.441 e. The standard InChI is InChI=1S/C7H14F3NS/c1-5(2)3-6(11)4-12-7(8,9)10/h5-6H,3-4,11H2,1-2H3. The van der Waals surface area contributed by atoms with Crippen LogP contribution in [0.25, 0.3) is 0 Å². The first-order valence-electron chi connectivity index (χ1n) is 3.77. The molecule has 0 saturated carbocycles. The molecule has 0 heterocycles. The Morgan fingerprint density at radius 2 is 1.83 bits per heavy atom. The van der Waals surface area contributed by atoms with Gasteiger partial charge in [0.1, 0.15) is 0 Å². The van der Waals surface area contributed by atoms with Crippen LogP contribution in [0.2, 0.25) is 0 Å². The van der Waals surface area contributed by atoms with Crippen molar-refractivity contribution < 1.29 is 13.2 Å². The zero-order valence-electron chi connectivity index (χ0n) is 7.19. The maximum absolute atomic E-state index is 11.7. The minimum Gasteiger partial charge on any atom is -0.327 e. The van der Waals surface area contributed by atoms with Gasteiger partial charge in [-0.15, -0.1) is 0 Å². The summed E-state index contributed by atoms with van der Waals surface area (Å²) in [6.45, 7) is 3.89. The number of alkyl halides is 3. The molecule has 0 aromatic heterocycles. The Bertz CT molecular complexity index is 124. The van der Waals surface area contributed by atoms with E-state index in [-0.39, 0.29) is 23.6 Å². The van der Waals surface area contributed by atoms with Gasteiger partial charge in [0, 0.05) is 11.8 Å². The quantitative estimate of drug-likeness (QED) is 0.756. The van der Waals surface area contributed by atoms with Gasteiger partial charge in [-0.2, -0.15) is 13.2 Å². The van der Waals surface area contributed by atoms with Crippen molar-refractivity contribution in [3.63, 3.8) is 0 Å². The molecule has 74 valence electrons. The van der Waals surface area contributed by atoms with Crippen LogP contribution in [0.15, 0.2) is 0 Å². The summed E-state index contributed by atoms with van der Waals surface area (Å²) in [6.07, 6.45) is 0.642. The van der Waals surface area contributed by atoms with E-state index in [0.717, 1.165) is 0 Å². The highest BCUT2D eigenvalue weighted by atomic mass is 32.2. The Balaban J connectivity index is 3.51. The zero-order valence-corrected chi connectivity index (χ0v) is 8.00. The van der Waals surface area contributed by atoms with Crippen molar-refractivity contribution in [1.82, 2.24) is 0 Å². The van der Waals surface area contributed by atoms with Crippen molar-refractivity contribution in [2.75, 3.05) is 5.75 Å². The summed E-state index contributed by atoms with van der Waals surface area (Å²) in [5.74, 6) is 0.315. The van der Waals surface area contributed by atoms with Gasteiger partial charge in [-0.3, -0.25) is 0 Å². The summed E-state index contributed by atoms with van der Waals surface area (Å²) in [7, 11) is 0. The molecule has 0 aliphatic carbocycles. The van der Waals surface area contributed by atoms with Crippen LogP contribution in [-0.2, 0) is 0 Å². The van der Waals surface area contributed by atoms with Gasteiger partial charge >= 0.3 is 5.51 Å². The third-order valence-corrected chi connectivity index (χ3v) is 2.16. The second kappa shape index (κ2) is 4.97. The van der Waals surface area contributed by atoms with Crippen molar-refractivity contribution in [3.05, 3.63) is 0 Å². The average molecular weight is 201 g/mol. The SMILES string of the molecule is CC(C)CC(N)CSC(F)(F)F. The van der Waals surface area contributed by atoms with Crippen molar-refractivity contribution in [1.29, 1.82) is 0 Å². The van der Waals surface area contributed by atoms with Crippen LogP contribution >= 0.6 is 11.8 Å². The van der Waals surface area contributed by atoms with Crippen molar-refractivity contribution >= 4 is 11.8 Å². The molecule has 12 heavy (non-hydrogen) atoms. The number of hydrogen-bond acceptors (Lipinski definition) is 2. The summed E-state index contributed by atoms with van der Waals surface area (Å²) >= 11 is -0.0413. The zero-order chi connectivity index (χ0) is 9.78. The number of rotatable bonds is 4. The first-order chi connectivity index (χ1) is 5.31. The van der Waals surface area contributed by atoms with Crippen LogP contribution in [0, 0.1) is 5.92 Å². The second-order valence-electron chi connectivity index (χ2n) is 3.15. The van der Waals surface area contributed by atoms with E-state index < -0.39 is 5.51 Å². The molecule has 1 atom stereocenters. The van der Waals surface area contributed by atoms with Gasteiger partial charge in [0.15, 0.2) is 0 Å². The molecule has 0 bridgehead atoms. The Morgan fingerprint density at radius 3 is 2.17 bits per heavy atom. The predicted octanol–water partition coefficient (Wildman–Crippen LogP) is 2.61. The molecule has 0 aliphatic rings. The highest BCUT2D eigenvalue weighted by molar-refractivity contribution is 8.00. The monoisotopic (exact) mass is 201 g/mol. The van der Waals surface area contributed by atoms with Crippen LogP contribution in [0.5, 0.6) is 0 Å². The summed E-state index contributed by atoms with van der Waals surface area (Å²) in [4.78, 5) is 0. The number of nitrogens with two attached hydrogens (primary N) is 1. The van der Waals surface area contributed by atoms with E-state index >= 15 is 0 Å². The van der Waals surface area contributed by atoms with E-state index in [4.69, 9.17) is 5.73 Å². The molecule has 2 N–H and O–H groups in total. The molecule has 1 unspecified atom stereocenters. The van der Waals surface area contributed by atoms with E-state index in [1.807, 2.05) is 13.8 Å². The molecule has 0 saturated heterocycles. The Labute approximate surface area is 74.9 Å². The van der Waals surface area contributed by atoms with Gasteiger partial charge in [-0.25, -0.2) is 0 Å². The first kappa shape index (κ1) is 12.1. The molecule has 0 fully saturated rings. The fraction of sp³-hybridized carbons (Fsp3) is 1.00. The van der Waals surface area contributed by atoms with Gasteiger partial charge in [0.2, 0.25) is 0 Å². The van der Waals surface area contributed by atoms with Crippen molar-refractivity contribution in [2.24, 2.45) is 11.7 Å². The van der Waals surface area contributed by atoms with Gasteiger partial charge in [0.25, 0.3) is 0 Å². The minimum atomic E-state index is -4.14. The lowest BCUT2D eigenvalue weighted by atomic mass is 10.1. The summed E-state index contributed by atoms with van der Waals surface area (Å²) < 4.78 is 35.0. The molecule has 0 spiro atoms. The van der Waals surface area contributed by atoms with Crippen molar-refractivity contribution in [3.8, 4) is 0 Å². The molecular weight excluding hydrogens is 187 g/mol. The fourth-order valence-electron chi connectivity index (χ4n) is 0.875. The maximum atomic E-state index is 11.7. The average Bonchev–Trinajstić information content (AvgIpc) is 1.80. The molecule has 0 radical (unpaired) electrons. The van der Waals surface area contributed by atoms with Crippen LogP contribution in [-0.4, -0.2) is 17.3 Å². The number of hydrogen-bond donors (Lipinski definition) is 1. The van der Waals surface area contributed by atoms with E-state index in [1.165, 1.54) is 0 Å². The lowest BCUT2D eigenvalue weighted by Gasteiger charge is -2.14. The number of thioether (sulfide) groups is 1. The van der Waals surface area contributed by atoms with Crippen LogP contribution in [0.1, 0.15) is 20.3 Å². The highest BCUT2D eigenvalue weighted by Crippen LogP contribution is 2.30. The summed E-state index contributed by atoms with van der Waals surface area (Å²) in [5.41, 5.74) is 1.32. The molecule has 0 rings (SSSR count). The minimum absolute atomic E-state index is 0.0400. The first-order valence-corrected chi connectivity index (χ1v) is 4.76. The van der Waals surface area contributed by atoms with E-state index in [1.54, 1.807) is 0 Å². The molecule has 1 nitrogen and oxygen atoms in total. The van der Waals surface area contributed by atoms with Crippen LogP contribution in [0.4, 0.5) is 13.2 Å². The summed E-state index contributed by atoms with van der Waals surface area (Å²) in [6, 6.07) is -0.350. The van der Waals surface area contributed by atoms with Gasteiger partial charge < -0.3 is 5.73 Å². The lowest BCUT2D eigenvalue weighted by Crippen LogP contribution is -2.26. The third-order valence-electron chi connectivity index (χ3n) is 1.24. The largest absolute Gasteiger partial charge is 0.441 e. The van der Waals surface area contributed by atoms with Crippen LogP contribution < -0.4 is 5.73 Å². The topological polar surface area (TPSA) is 26.0 Å². The Morgan fingerprint density at radius 1 is 1.33 bits per heavy atom. The van der Waals surface area contributed by atoms with Gasteiger partial charge in [0.05, 0.1) is 0 Å². The fourth-order valence-corrected chi connectivity index (χ4v) is 1.41. The highest BCUT2D eigenvalue weighted by Gasteiger charge is 2.28. The van der Waals surface area contributed by atoms with Gasteiger partial charge in [-0.05, 0) is 24.1 Å².